The number of para-hydroxylation sites is 1. The highest BCUT2D eigenvalue weighted by atomic mass is 35.5. The summed E-state index contributed by atoms with van der Waals surface area (Å²) >= 11 is 1.76. The fourth-order valence-electron chi connectivity index (χ4n) is 3.82. The van der Waals surface area contributed by atoms with E-state index in [0.717, 1.165) is 36.3 Å². The molecule has 2 aromatic carbocycles. The number of halogens is 2. The van der Waals surface area contributed by atoms with E-state index >= 15 is 0 Å². The number of benzene rings is 2. The lowest BCUT2D eigenvalue weighted by molar-refractivity contribution is -0.130. The third-order valence-electron chi connectivity index (χ3n) is 5.32. The van der Waals surface area contributed by atoms with E-state index in [2.05, 4.69) is 29.2 Å². The molecule has 1 aromatic heterocycles. The molecular weight excluding hydrogens is 425 g/mol. The zero-order valence-electron chi connectivity index (χ0n) is 16.2. The number of unbranched alkanes of at least 4 members (excludes halogenated alkanes) is 1. The summed E-state index contributed by atoms with van der Waals surface area (Å²) in [7, 11) is 0. The van der Waals surface area contributed by atoms with Crippen LogP contribution in [0.3, 0.4) is 0 Å². The van der Waals surface area contributed by atoms with Gasteiger partial charge in [0.15, 0.2) is 0 Å². The van der Waals surface area contributed by atoms with Gasteiger partial charge in [0, 0.05) is 31.5 Å². The molecule has 0 radical (unpaired) electrons. The van der Waals surface area contributed by atoms with Gasteiger partial charge in [0.05, 0.1) is 15.2 Å². The number of hydrogen-bond acceptors (Lipinski definition) is 4. The van der Waals surface area contributed by atoms with E-state index in [4.69, 9.17) is 5.73 Å². The summed E-state index contributed by atoms with van der Waals surface area (Å²) in [6, 6.07) is 18.6. The van der Waals surface area contributed by atoms with Crippen LogP contribution >= 0.6 is 36.2 Å². The second-order valence-electron chi connectivity index (χ2n) is 7.26. The molecule has 0 saturated carbocycles. The number of carbonyl (C=O) groups excluding carboxylic acids is 1. The Kier molecular flexibility index (Phi) is 8.90. The monoisotopic (exact) mass is 451 g/mol. The number of amides is 1. The third kappa shape index (κ3) is 5.70. The number of aromatic nitrogens is 1. The van der Waals surface area contributed by atoms with Crippen molar-refractivity contribution in [2.24, 2.45) is 5.73 Å². The molecule has 0 aliphatic carbocycles. The Hall–Kier alpha value is -1.66. The fourth-order valence-corrected chi connectivity index (χ4v) is 4.83. The molecule has 0 spiro atoms. The molecular formula is C22H27Cl2N3OS. The second-order valence-corrected chi connectivity index (χ2v) is 8.38. The first kappa shape index (κ1) is 23.6. The quantitative estimate of drug-likeness (QED) is 0.547. The highest BCUT2D eigenvalue weighted by molar-refractivity contribution is 7.18. The third-order valence-corrected chi connectivity index (χ3v) is 6.41. The Morgan fingerprint density at radius 2 is 1.76 bits per heavy atom. The van der Waals surface area contributed by atoms with Crippen molar-refractivity contribution in [1.29, 1.82) is 0 Å². The maximum absolute atomic E-state index is 12.6. The molecule has 2 atom stereocenters. The number of likely N-dealkylation sites (tertiary alicyclic amines) is 1. The van der Waals surface area contributed by atoms with Gasteiger partial charge in [-0.15, -0.1) is 36.2 Å². The molecule has 2 heterocycles. The van der Waals surface area contributed by atoms with Crippen LogP contribution in [0.4, 0.5) is 0 Å². The van der Waals surface area contributed by atoms with Gasteiger partial charge >= 0.3 is 0 Å². The van der Waals surface area contributed by atoms with Gasteiger partial charge in [-0.3, -0.25) is 4.79 Å². The summed E-state index contributed by atoms with van der Waals surface area (Å²) in [5.74, 6) is 0.478. The Morgan fingerprint density at radius 3 is 2.52 bits per heavy atom. The minimum absolute atomic E-state index is 0. The molecule has 4 rings (SSSR count). The van der Waals surface area contributed by atoms with Gasteiger partial charge in [0.25, 0.3) is 0 Å². The lowest BCUT2D eigenvalue weighted by Crippen LogP contribution is -2.32. The molecule has 1 amide bonds. The summed E-state index contributed by atoms with van der Waals surface area (Å²) in [6.07, 6.45) is 3.43. The molecule has 29 heavy (non-hydrogen) atoms. The van der Waals surface area contributed by atoms with Crippen LogP contribution < -0.4 is 5.73 Å². The molecule has 0 unspecified atom stereocenters. The van der Waals surface area contributed by atoms with E-state index in [0.29, 0.717) is 13.0 Å². The molecule has 7 heteroatoms. The van der Waals surface area contributed by atoms with Crippen LogP contribution in [0.25, 0.3) is 10.2 Å². The molecule has 2 N–H and O–H groups in total. The Labute approximate surface area is 188 Å². The first-order chi connectivity index (χ1) is 13.2. The SMILES string of the molecule is Cl.Cl.N[C@@H]1CN(C(=O)CCCCc2nc3ccccc3s2)C[C@H]1c1ccccc1. The Balaban J connectivity index is 0.00000150. The van der Waals surface area contributed by atoms with Crippen molar-refractivity contribution in [2.45, 2.75) is 37.6 Å². The number of thiazole rings is 1. The normalized spacial score (nSPS) is 18.3. The van der Waals surface area contributed by atoms with Gasteiger partial charge in [-0.05, 0) is 37.0 Å². The maximum atomic E-state index is 12.6. The Morgan fingerprint density at radius 1 is 1.03 bits per heavy atom. The minimum Gasteiger partial charge on any atom is -0.340 e. The number of hydrogen-bond donors (Lipinski definition) is 1. The van der Waals surface area contributed by atoms with Crippen molar-refractivity contribution in [3.63, 3.8) is 0 Å². The van der Waals surface area contributed by atoms with Crippen molar-refractivity contribution >= 4 is 52.3 Å². The van der Waals surface area contributed by atoms with Crippen LogP contribution in [-0.2, 0) is 11.2 Å². The van der Waals surface area contributed by atoms with E-state index in [9.17, 15) is 4.79 Å². The Bertz CT molecular complexity index is 886. The zero-order chi connectivity index (χ0) is 18.6. The minimum atomic E-state index is 0. The van der Waals surface area contributed by atoms with Crippen LogP contribution in [0.15, 0.2) is 54.6 Å². The average molecular weight is 452 g/mol. The van der Waals surface area contributed by atoms with E-state index in [1.54, 1.807) is 11.3 Å². The van der Waals surface area contributed by atoms with E-state index in [1.165, 1.54) is 10.3 Å². The second kappa shape index (κ2) is 10.9. The number of nitrogens with zero attached hydrogens (tertiary/aromatic N) is 2. The van der Waals surface area contributed by atoms with E-state index in [1.807, 2.05) is 35.2 Å². The van der Waals surface area contributed by atoms with Crippen molar-refractivity contribution in [3.8, 4) is 0 Å². The van der Waals surface area contributed by atoms with Gasteiger partial charge in [-0.1, -0.05) is 42.5 Å². The van der Waals surface area contributed by atoms with Gasteiger partial charge in [0.2, 0.25) is 5.91 Å². The molecule has 1 aliphatic heterocycles. The molecule has 1 fully saturated rings. The van der Waals surface area contributed by atoms with E-state index in [-0.39, 0.29) is 42.7 Å². The zero-order valence-corrected chi connectivity index (χ0v) is 18.6. The molecule has 3 aromatic rings. The summed E-state index contributed by atoms with van der Waals surface area (Å²) < 4.78 is 1.24. The molecule has 4 nitrogen and oxygen atoms in total. The van der Waals surface area contributed by atoms with Gasteiger partial charge in [0.1, 0.15) is 0 Å². The smallest absolute Gasteiger partial charge is 0.222 e. The van der Waals surface area contributed by atoms with Crippen molar-refractivity contribution in [3.05, 3.63) is 65.2 Å². The number of aryl methyl sites for hydroxylation is 1. The van der Waals surface area contributed by atoms with Crippen molar-refractivity contribution in [2.75, 3.05) is 13.1 Å². The molecule has 0 bridgehead atoms. The highest BCUT2D eigenvalue weighted by Gasteiger charge is 2.33. The standard InChI is InChI=1S/C22H25N3OS.2ClH/c23-18-15-25(14-17(18)16-8-2-1-3-9-16)22(26)13-7-6-12-21-24-19-10-4-5-11-20(19)27-21;;/h1-5,8-11,17-18H,6-7,12-15,23H2;2*1H/t17-,18+;;/m0../s1. The number of fused-ring (bicyclic) bond motifs is 1. The predicted octanol–water partition coefficient (Wildman–Crippen LogP) is 4.81. The summed E-state index contributed by atoms with van der Waals surface area (Å²) in [5, 5.41) is 1.16. The summed E-state index contributed by atoms with van der Waals surface area (Å²) in [4.78, 5) is 19.2. The van der Waals surface area contributed by atoms with Crippen molar-refractivity contribution in [1.82, 2.24) is 9.88 Å². The topological polar surface area (TPSA) is 59.2 Å². The molecule has 156 valence electrons. The first-order valence-corrected chi connectivity index (χ1v) is 10.4. The summed E-state index contributed by atoms with van der Waals surface area (Å²) in [6.45, 7) is 1.40. The van der Waals surface area contributed by atoms with E-state index < -0.39 is 0 Å². The summed E-state index contributed by atoms with van der Waals surface area (Å²) in [5.41, 5.74) is 8.61. The van der Waals surface area contributed by atoms with Gasteiger partial charge in [-0.2, -0.15) is 0 Å². The fraction of sp³-hybridized carbons (Fsp3) is 0.364. The lowest BCUT2D eigenvalue weighted by atomic mass is 9.95. The number of nitrogens with two attached hydrogens (primary N) is 1. The van der Waals surface area contributed by atoms with Gasteiger partial charge < -0.3 is 10.6 Å². The average Bonchev–Trinajstić information content (AvgIpc) is 3.29. The van der Waals surface area contributed by atoms with Crippen molar-refractivity contribution < 1.29 is 4.79 Å². The van der Waals surface area contributed by atoms with Crippen LogP contribution in [-0.4, -0.2) is 34.9 Å². The first-order valence-electron chi connectivity index (χ1n) is 9.63. The van der Waals surface area contributed by atoms with Gasteiger partial charge in [-0.25, -0.2) is 4.98 Å². The molecule has 1 aliphatic rings. The molecule has 1 saturated heterocycles. The largest absolute Gasteiger partial charge is 0.340 e. The van der Waals surface area contributed by atoms with Crippen LogP contribution in [0, 0.1) is 0 Å². The lowest BCUT2D eigenvalue weighted by Gasteiger charge is -2.16. The maximum Gasteiger partial charge on any atom is 0.222 e. The highest BCUT2D eigenvalue weighted by Crippen LogP contribution is 2.27. The predicted molar refractivity (Wildman–Crippen MR) is 125 cm³/mol. The van der Waals surface area contributed by atoms with Crippen LogP contribution in [0.1, 0.15) is 35.8 Å². The number of rotatable bonds is 6. The van der Waals surface area contributed by atoms with Crippen LogP contribution in [0.2, 0.25) is 0 Å². The number of carbonyl (C=O) groups is 1. The van der Waals surface area contributed by atoms with Crippen LogP contribution in [0.5, 0.6) is 0 Å².